The Bertz CT molecular complexity index is 434. The van der Waals surface area contributed by atoms with E-state index in [0.29, 0.717) is 10.0 Å². The predicted octanol–water partition coefficient (Wildman–Crippen LogP) is 2.24. The lowest BCUT2D eigenvalue weighted by molar-refractivity contribution is -0.137. The van der Waals surface area contributed by atoms with Crippen molar-refractivity contribution in [2.75, 3.05) is 0 Å². The van der Waals surface area contributed by atoms with Crippen molar-refractivity contribution < 1.29 is 19.1 Å². The minimum absolute atomic E-state index is 0.304. The summed E-state index contributed by atoms with van der Waals surface area (Å²) in [7, 11) is 0. The zero-order valence-electron chi connectivity index (χ0n) is 9.04. The Balaban J connectivity index is 3.06. The van der Waals surface area contributed by atoms with Gasteiger partial charge >= 0.3 is 5.97 Å². The minimum Gasteiger partial charge on any atom is -0.481 e. The second-order valence-corrected chi connectivity index (χ2v) is 4.37. The Labute approximate surface area is 106 Å². The molecular formula is C11H11BrFNO3. The second kappa shape index (κ2) is 5.77. The summed E-state index contributed by atoms with van der Waals surface area (Å²) in [6, 6.07) is 3.17. The first-order chi connectivity index (χ1) is 7.90. The molecule has 17 heavy (non-hydrogen) atoms. The van der Waals surface area contributed by atoms with Crippen molar-refractivity contribution in [1.29, 1.82) is 0 Å². The lowest BCUT2D eigenvalue weighted by Gasteiger charge is -2.17. The van der Waals surface area contributed by atoms with Crippen molar-refractivity contribution in [2.45, 2.75) is 19.4 Å². The fourth-order valence-electron chi connectivity index (χ4n) is 1.44. The van der Waals surface area contributed by atoms with E-state index in [1.165, 1.54) is 25.1 Å². The van der Waals surface area contributed by atoms with E-state index < -0.39 is 17.8 Å². The Hall–Kier alpha value is -1.43. The van der Waals surface area contributed by atoms with E-state index in [1.54, 1.807) is 0 Å². The number of hydrogen-bond acceptors (Lipinski definition) is 2. The molecule has 0 aliphatic heterocycles. The number of halogens is 2. The monoisotopic (exact) mass is 303 g/mol. The van der Waals surface area contributed by atoms with Crippen molar-refractivity contribution in [1.82, 2.24) is 5.32 Å². The molecule has 92 valence electrons. The number of hydrogen-bond donors (Lipinski definition) is 2. The number of carboxylic acids is 1. The van der Waals surface area contributed by atoms with Crippen LogP contribution in [0.3, 0.4) is 0 Å². The fraction of sp³-hybridized carbons (Fsp3) is 0.273. The van der Waals surface area contributed by atoms with Crippen LogP contribution in [0.15, 0.2) is 22.7 Å². The van der Waals surface area contributed by atoms with E-state index in [9.17, 15) is 14.0 Å². The molecule has 0 aromatic heterocycles. The molecule has 1 aromatic carbocycles. The average molecular weight is 304 g/mol. The molecule has 0 radical (unpaired) electrons. The smallest absolute Gasteiger partial charge is 0.305 e. The van der Waals surface area contributed by atoms with Crippen LogP contribution in [0.1, 0.15) is 24.9 Å². The van der Waals surface area contributed by atoms with Gasteiger partial charge in [0.05, 0.1) is 12.5 Å². The Morgan fingerprint density at radius 1 is 1.53 bits per heavy atom. The predicted molar refractivity (Wildman–Crippen MR) is 62.9 cm³/mol. The van der Waals surface area contributed by atoms with Crippen molar-refractivity contribution in [3.8, 4) is 0 Å². The topological polar surface area (TPSA) is 66.4 Å². The highest BCUT2D eigenvalue weighted by Gasteiger charge is 2.19. The van der Waals surface area contributed by atoms with Gasteiger partial charge in [-0.05, 0) is 23.8 Å². The van der Waals surface area contributed by atoms with Gasteiger partial charge in [0.1, 0.15) is 5.82 Å². The Morgan fingerprint density at radius 3 is 2.71 bits per heavy atom. The Morgan fingerprint density at radius 2 is 2.18 bits per heavy atom. The molecular weight excluding hydrogens is 293 g/mol. The Kier molecular flexibility index (Phi) is 4.62. The lowest BCUT2D eigenvalue weighted by Crippen LogP contribution is -2.28. The molecule has 0 bridgehead atoms. The van der Waals surface area contributed by atoms with Crippen LogP contribution >= 0.6 is 15.9 Å². The van der Waals surface area contributed by atoms with E-state index in [1.807, 2.05) is 0 Å². The molecule has 4 nitrogen and oxygen atoms in total. The van der Waals surface area contributed by atoms with Gasteiger partial charge in [-0.3, -0.25) is 9.59 Å². The van der Waals surface area contributed by atoms with E-state index in [0.717, 1.165) is 0 Å². The molecule has 0 unspecified atom stereocenters. The standard InChI is InChI=1S/C11H11BrFNO3/c1-6(15)14-10(5-11(16)17)8-4-7(13)2-3-9(8)12/h2-4,10H,5H2,1H3,(H,14,15)(H,16,17)/t10-/m1/s1. The third-order valence-electron chi connectivity index (χ3n) is 2.09. The first-order valence-electron chi connectivity index (χ1n) is 4.84. The van der Waals surface area contributed by atoms with Gasteiger partial charge in [-0.15, -0.1) is 0 Å². The van der Waals surface area contributed by atoms with Gasteiger partial charge in [0, 0.05) is 11.4 Å². The summed E-state index contributed by atoms with van der Waals surface area (Å²) in [6.07, 6.45) is -0.304. The van der Waals surface area contributed by atoms with E-state index in [-0.39, 0.29) is 12.3 Å². The van der Waals surface area contributed by atoms with E-state index in [4.69, 9.17) is 5.11 Å². The van der Waals surface area contributed by atoms with Crippen LogP contribution in [-0.4, -0.2) is 17.0 Å². The minimum atomic E-state index is -1.07. The average Bonchev–Trinajstić information content (AvgIpc) is 2.19. The summed E-state index contributed by atoms with van der Waals surface area (Å²) in [4.78, 5) is 21.7. The lowest BCUT2D eigenvalue weighted by atomic mass is 10.0. The molecule has 0 aliphatic carbocycles. The molecule has 1 amide bonds. The molecule has 6 heteroatoms. The SMILES string of the molecule is CC(=O)N[C@H](CC(=O)O)c1cc(F)ccc1Br. The molecule has 2 N–H and O–H groups in total. The van der Waals surface area contributed by atoms with Crippen molar-refractivity contribution in [3.63, 3.8) is 0 Å². The number of benzene rings is 1. The van der Waals surface area contributed by atoms with Crippen LogP contribution in [0, 0.1) is 5.82 Å². The molecule has 0 heterocycles. The molecule has 0 saturated carbocycles. The number of nitrogens with one attached hydrogen (secondary N) is 1. The molecule has 0 fully saturated rings. The summed E-state index contributed by atoms with van der Waals surface area (Å²) >= 11 is 3.20. The van der Waals surface area contributed by atoms with Crippen LogP contribution < -0.4 is 5.32 Å². The summed E-state index contributed by atoms with van der Waals surface area (Å²) in [5.74, 6) is -1.92. The quantitative estimate of drug-likeness (QED) is 0.896. The molecule has 0 spiro atoms. The number of carbonyl (C=O) groups excluding carboxylic acids is 1. The fourth-order valence-corrected chi connectivity index (χ4v) is 1.96. The van der Waals surface area contributed by atoms with Crippen LogP contribution in [-0.2, 0) is 9.59 Å². The largest absolute Gasteiger partial charge is 0.481 e. The highest BCUT2D eigenvalue weighted by molar-refractivity contribution is 9.10. The van der Waals surface area contributed by atoms with Crippen molar-refractivity contribution >= 4 is 27.8 Å². The van der Waals surface area contributed by atoms with Gasteiger partial charge in [-0.25, -0.2) is 4.39 Å². The van der Waals surface area contributed by atoms with Crippen LogP contribution in [0.2, 0.25) is 0 Å². The summed E-state index contributed by atoms with van der Waals surface area (Å²) < 4.78 is 13.7. The number of aliphatic carboxylic acids is 1. The highest BCUT2D eigenvalue weighted by atomic mass is 79.9. The van der Waals surface area contributed by atoms with Crippen LogP contribution in [0.5, 0.6) is 0 Å². The van der Waals surface area contributed by atoms with Crippen LogP contribution in [0.4, 0.5) is 4.39 Å². The zero-order valence-corrected chi connectivity index (χ0v) is 10.6. The number of amides is 1. The first kappa shape index (κ1) is 13.6. The molecule has 0 aliphatic rings. The van der Waals surface area contributed by atoms with Gasteiger partial charge in [0.15, 0.2) is 0 Å². The van der Waals surface area contributed by atoms with Gasteiger partial charge < -0.3 is 10.4 Å². The van der Waals surface area contributed by atoms with Crippen molar-refractivity contribution in [2.24, 2.45) is 0 Å². The molecule has 1 rings (SSSR count). The van der Waals surface area contributed by atoms with Gasteiger partial charge in [-0.1, -0.05) is 15.9 Å². The number of rotatable bonds is 4. The summed E-state index contributed by atoms with van der Waals surface area (Å²) in [6.45, 7) is 1.28. The number of carbonyl (C=O) groups is 2. The van der Waals surface area contributed by atoms with Gasteiger partial charge in [0.2, 0.25) is 5.91 Å². The third kappa shape index (κ3) is 4.14. The van der Waals surface area contributed by atoms with Gasteiger partial charge in [-0.2, -0.15) is 0 Å². The molecule has 1 aromatic rings. The summed E-state index contributed by atoms with van der Waals surface area (Å²) in [5, 5.41) is 11.2. The normalized spacial score (nSPS) is 11.9. The van der Waals surface area contributed by atoms with Crippen LogP contribution in [0.25, 0.3) is 0 Å². The zero-order chi connectivity index (χ0) is 13.0. The van der Waals surface area contributed by atoms with Gasteiger partial charge in [0.25, 0.3) is 0 Å². The maximum atomic E-state index is 13.1. The maximum Gasteiger partial charge on any atom is 0.305 e. The summed E-state index contributed by atoms with van der Waals surface area (Å²) in [5.41, 5.74) is 0.405. The van der Waals surface area contributed by atoms with E-state index >= 15 is 0 Å². The molecule has 0 saturated heterocycles. The highest BCUT2D eigenvalue weighted by Crippen LogP contribution is 2.26. The third-order valence-corrected chi connectivity index (χ3v) is 2.81. The first-order valence-corrected chi connectivity index (χ1v) is 5.63. The van der Waals surface area contributed by atoms with E-state index in [2.05, 4.69) is 21.2 Å². The second-order valence-electron chi connectivity index (χ2n) is 3.52. The number of carboxylic acid groups (broad SMARTS) is 1. The van der Waals surface area contributed by atoms with Crippen molar-refractivity contribution in [3.05, 3.63) is 34.1 Å². The maximum absolute atomic E-state index is 13.1. The molecule has 1 atom stereocenters.